The van der Waals surface area contributed by atoms with Gasteiger partial charge in [-0.25, -0.2) is 18.4 Å². The minimum Gasteiger partial charge on any atom is -0.497 e. The van der Waals surface area contributed by atoms with E-state index >= 15 is 0 Å². The summed E-state index contributed by atoms with van der Waals surface area (Å²) in [5.41, 5.74) is 1.75. The molecule has 0 atom stereocenters. The van der Waals surface area contributed by atoms with Gasteiger partial charge in [0.25, 0.3) is 5.91 Å². The Kier molecular flexibility index (Phi) is 5.71. The highest BCUT2D eigenvalue weighted by molar-refractivity contribution is 7.89. The third kappa shape index (κ3) is 3.90. The first-order valence-corrected chi connectivity index (χ1v) is 12.2. The van der Waals surface area contributed by atoms with Crippen LogP contribution in [0.4, 0.5) is 0 Å². The molecule has 0 spiro atoms. The number of hydrogen-bond acceptors (Lipinski definition) is 7. The molecule has 0 aliphatic carbocycles. The maximum atomic E-state index is 13.2. The lowest BCUT2D eigenvalue weighted by atomic mass is 10.1. The summed E-state index contributed by atoms with van der Waals surface area (Å²) in [6.45, 7) is 6.86. The molecule has 0 radical (unpaired) electrons. The molecule has 1 aromatic carbocycles. The van der Waals surface area contributed by atoms with Crippen LogP contribution >= 0.6 is 11.3 Å². The second kappa shape index (κ2) is 8.18. The Labute approximate surface area is 185 Å². The average molecular weight is 461 g/mol. The summed E-state index contributed by atoms with van der Waals surface area (Å²) < 4.78 is 32.4. The molecule has 1 aliphatic rings. The normalized spacial score (nSPS) is 15.4. The largest absolute Gasteiger partial charge is 0.497 e. The Morgan fingerprint density at radius 1 is 1.03 bits per heavy atom. The molecule has 1 saturated heterocycles. The monoisotopic (exact) mass is 460 g/mol. The molecule has 164 valence electrons. The number of aromatic nitrogens is 2. The fraction of sp³-hybridized carbons (Fsp3) is 0.381. The van der Waals surface area contributed by atoms with Gasteiger partial charge < -0.3 is 9.64 Å². The molecule has 1 aliphatic heterocycles. The van der Waals surface area contributed by atoms with E-state index in [4.69, 9.17) is 4.74 Å². The van der Waals surface area contributed by atoms with E-state index in [1.54, 1.807) is 17.0 Å². The number of aryl methyl sites for hydroxylation is 3. The van der Waals surface area contributed by atoms with Crippen molar-refractivity contribution in [1.82, 2.24) is 19.2 Å². The van der Waals surface area contributed by atoms with Crippen LogP contribution in [0.3, 0.4) is 0 Å². The highest BCUT2D eigenvalue weighted by atomic mass is 32.2. The zero-order chi connectivity index (χ0) is 22.3. The van der Waals surface area contributed by atoms with E-state index in [0.29, 0.717) is 29.5 Å². The van der Waals surface area contributed by atoms with Gasteiger partial charge in [-0.1, -0.05) is 0 Å². The summed E-state index contributed by atoms with van der Waals surface area (Å²) in [7, 11) is -2.08. The van der Waals surface area contributed by atoms with E-state index in [2.05, 4.69) is 9.97 Å². The zero-order valence-corrected chi connectivity index (χ0v) is 19.5. The number of hydrogen-bond donors (Lipinski definition) is 0. The Bertz CT molecular complexity index is 1240. The summed E-state index contributed by atoms with van der Waals surface area (Å²) in [6.07, 6.45) is 0. The first-order chi connectivity index (χ1) is 14.7. The third-order valence-electron chi connectivity index (χ3n) is 5.50. The van der Waals surface area contributed by atoms with E-state index in [9.17, 15) is 13.2 Å². The lowest BCUT2D eigenvalue weighted by Crippen LogP contribution is -2.50. The molecule has 1 fully saturated rings. The predicted molar refractivity (Wildman–Crippen MR) is 119 cm³/mol. The van der Waals surface area contributed by atoms with Crippen LogP contribution in [-0.4, -0.2) is 66.8 Å². The molecule has 31 heavy (non-hydrogen) atoms. The van der Waals surface area contributed by atoms with Gasteiger partial charge in [-0.2, -0.15) is 4.31 Å². The van der Waals surface area contributed by atoms with E-state index in [1.807, 2.05) is 20.8 Å². The van der Waals surface area contributed by atoms with Crippen molar-refractivity contribution in [2.24, 2.45) is 0 Å². The van der Waals surface area contributed by atoms with Crippen LogP contribution in [-0.2, 0) is 10.0 Å². The topological polar surface area (TPSA) is 92.7 Å². The van der Waals surface area contributed by atoms with Crippen LogP contribution in [0.5, 0.6) is 5.75 Å². The molecular weight excluding hydrogens is 436 g/mol. The number of rotatable bonds is 4. The highest BCUT2D eigenvalue weighted by Gasteiger charge is 2.32. The summed E-state index contributed by atoms with van der Waals surface area (Å²) in [5, 5.41) is 0.930. The van der Waals surface area contributed by atoms with E-state index in [0.717, 1.165) is 21.5 Å². The number of thiophene rings is 1. The van der Waals surface area contributed by atoms with Crippen molar-refractivity contribution in [3.8, 4) is 5.75 Å². The first kappa shape index (κ1) is 21.7. The summed E-state index contributed by atoms with van der Waals surface area (Å²) in [5.74, 6) is 1.20. The minimum absolute atomic E-state index is 0.0842. The van der Waals surface area contributed by atoms with Gasteiger partial charge in [-0.3, -0.25) is 4.79 Å². The van der Waals surface area contributed by atoms with Gasteiger partial charge >= 0.3 is 0 Å². The van der Waals surface area contributed by atoms with Gasteiger partial charge in [0.1, 0.15) is 16.4 Å². The maximum Gasteiger partial charge on any atom is 0.264 e. The first-order valence-electron chi connectivity index (χ1n) is 9.90. The van der Waals surface area contributed by atoms with Crippen molar-refractivity contribution in [2.45, 2.75) is 25.7 Å². The lowest BCUT2D eigenvalue weighted by molar-refractivity contribution is 0.0702. The molecule has 3 heterocycles. The van der Waals surface area contributed by atoms with Gasteiger partial charge in [-0.15, -0.1) is 11.3 Å². The molecule has 2 aromatic heterocycles. The van der Waals surface area contributed by atoms with Crippen LogP contribution in [0, 0.1) is 20.8 Å². The van der Waals surface area contributed by atoms with E-state index in [-0.39, 0.29) is 23.9 Å². The second-order valence-electron chi connectivity index (χ2n) is 7.46. The highest BCUT2D eigenvalue weighted by Crippen LogP contribution is 2.32. The molecule has 0 saturated carbocycles. The SMILES string of the molecule is COc1ccc(S(=O)(=O)N2CCN(C(=O)c3sc4nc(C)nc(C)c4c3C)CC2)cc1. The van der Waals surface area contributed by atoms with Crippen molar-refractivity contribution in [1.29, 1.82) is 0 Å². The van der Waals surface area contributed by atoms with Gasteiger partial charge in [0.05, 0.1) is 16.9 Å². The molecule has 0 bridgehead atoms. The quantitative estimate of drug-likeness (QED) is 0.594. The fourth-order valence-electron chi connectivity index (χ4n) is 3.85. The number of benzene rings is 1. The Morgan fingerprint density at radius 3 is 2.29 bits per heavy atom. The molecule has 10 heteroatoms. The number of nitrogens with zero attached hydrogens (tertiary/aromatic N) is 4. The van der Waals surface area contributed by atoms with Crippen LogP contribution in [0.15, 0.2) is 29.2 Å². The number of sulfonamides is 1. The lowest BCUT2D eigenvalue weighted by Gasteiger charge is -2.34. The molecular formula is C21H24N4O4S2. The maximum absolute atomic E-state index is 13.2. The minimum atomic E-state index is -3.62. The van der Waals surface area contributed by atoms with Gasteiger partial charge in [0.15, 0.2) is 0 Å². The van der Waals surface area contributed by atoms with E-state index in [1.165, 1.54) is 34.9 Å². The Balaban J connectivity index is 1.51. The van der Waals surface area contributed by atoms with Crippen molar-refractivity contribution in [3.05, 3.63) is 46.2 Å². The number of carbonyl (C=O) groups excluding carboxylic acids is 1. The molecule has 4 rings (SSSR count). The van der Waals surface area contributed by atoms with Crippen LogP contribution < -0.4 is 4.74 Å². The van der Waals surface area contributed by atoms with Gasteiger partial charge in [0, 0.05) is 37.3 Å². The Hall–Kier alpha value is -2.56. The zero-order valence-electron chi connectivity index (χ0n) is 17.9. The molecule has 0 N–H and O–H groups in total. The van der Waals surface area contributed by atoms with Crippen LogP contribution in [0.25, 0.3) is 10.2 Å². The van der Waals surface area contributed by atoms with Gasteiger partial charge in [0.2, 0.25) is 10.0 Å². The molecule has 8 nitrogen and oxygen atoms in total. The van der Waals surface area contributed by atoms with Crippen molar-refractivity contribution < 1.29 is 17.9 Å². The molecule has 0 unspecified atom stereocenters. The number of piperazine rings is 1. The number of carbonyl (C=O) groups is 1. The van der Waals surface area contributed by atoms with Crippen molar-refractivity contribution in [3.63, 3.8) is 0 Å². The summed E-state index contributed by atoms with van der Waals surface area (Å²) >= 11 is 1.37. The predicted octanol–water partition coefficient (Wildman–Crippen LogP) is 2.77. The smallest absolute Gasteiger partial charge is 0.264 e. The van der Waals surface area contributed by atoms with Crippen LogP contribution in [0.2, 0.25) is 0 Å². The van der Waals surface area contributed by atoms with Crippen molar-refractivity contribution >= 4 is 37.5 Å². The summed E-state index contributed by atoms with van der Waals surface area (Å²) in [6, 6.07) is 6.34. The van der Waals surface area contributed by atoms with Crippen LogP contribution in [0.1, 0.15) is 26.8 Å². The molecule has 3 aromatic rings. The van der Waals surface area contributed by atoms with E-state index < -0.39 is 10.0 Å². The number of ether oxygens (including phenoxy) is 1. The number of methoxy groups -OCH3 is 1. The standard InChI is InChI=1S/C21H24N4O4S2/c1-13-18-14(2)22-15(3)23-20(18)30-19(13)21(26)24-9-11-25(12-10-24)31(27,28)17-7-5-16(29-4)6-8-17/h5-8H,9-12H2,1-4H3. The van der Waals surface area contributed by atoms with Gasteiger partial charge in [-0.05, 0) is 50.6 Å². The number of amides is 1. The third-order valence-corrected chi connectivity index (χ3v) is 8.59. The van der Waals surface area contributed by atoms with Crippen molar-refractivity contribution in [2.75, 3.05) is 33.3 Å². The molecule has 1 amide bonds. The second-order valence-corrected chi connectivity index (χ2v) is 10.4. The average Bonchev–Trinajstić information content (AvgIpc) is 3.09. The summed E-state index contributed by atoms with van der Waals surface area (Å²) in [4.78, 5) is 25.5. The fourth-order valence-corrected chi connectivity index (χ4v) is 6.52. The number of fused-ring (bicyclic) bond motifs is 1. The Morgan fingerprint density at radius 2 is 1.68 bits per heavy atom.